The van der Waals surface area contributed by atoms with E-state index in [0.717, 1.165) is 12.7 Å². The topological polar surface area (TPSA) is 48.0 Å². The number of morpholine rings is 1. The van der Waals surface area contributed by atoms with E-state index in [4.69, 9.17) is 4.74 Å². The maximum absolute atomic E-state index is 13.7. The van der Waals surface area contributed by atoms with E-state index in [-0.39, 0.29) is 18.2 Å². The summed E-state index contributed by atoms with van der Waals surface area (Å²) in [6, 6.07) is 9.98. The van der Waals surface area contributed by atoms with E-state index in [1.807, 2.05) is 47.4 Å². The van der Waals surface area contributed by atoms with Gasteiger partial charge in [-0.05, 0) is 12.0 Å². The zero-order chi connectivity index (χ0) is 20.4. The third-order valence-corrected chi connectivity index (χ3v) is 5.15. The van der Waals surface area contributed by atoms with Crippen molar-refractivity contribution in [2.24, 2.45) is 0 Å². The third kappa shape index (κ3) is 4.14. The molecule has 29 heavy (non-hydrogen) atoms. The predicted molar refractivity (Wildman–Crippen MR) is 102 cm³/mol. The fraction of sp³-hybridized carbons (Fsp3) is 0.474. The molecule has 0 atom stereocenters. The Morgan fingerprint density at radius 2 is 1.83 bits per heavy atom. The Bertz CT molecular complexity index is 828. The highest BCUT2D eigenvalue weighted by molar-refractivity contribution is 5.74. The van der Waals surface area contributed by atoms with E-state index in [9.17, 15) is 13.2 Å². The lowest BCUT2D eigenvalue weighted by Gasteiger charge is -2.37. The average molecular weight is 408 g/mol. The minimum atomic E-state index is -4.56. The monoisotopic (exact) mass is 408 g/mol. The second-order valence-electron chi connectivity index (χ2n) is 7.02. The molecule has 0 N–H and O–H groups in total. The second-order valence-corrected chi connectivity index (χ2v) is 7.02. The van der Waals surface area contributed by atoms with Gasteiger partial charge in [0.2, 0.25) is 0 Å². The number of likely N-dealkylation sites (N-methyl/N-ethyl adjacent to an activating group) is 1. The Labute approximate surface area is 167 Å². The van der Waals surface area contributed by atoms with E-state index in [2.05, 4.69) is 9.97 Å². The van der Waals surface area contributed by atoms with E-state index < -0.39 is 11.9 Å². The van der Waals surface area contributed by atoms with Gasteiger partial charge < -0.3 is 4.74 Å². The molecule has 0 amide bonds. The summed E-state index contributed by atoms with van der Waals surface area (Å²) in [6.45, 7) is 2.89. The van der Waals surface area contributed by atoms with E-state index in [1.54, 1.807) is 10.0 Å². The lowest BCUT2D eigenvalue weighted by molar-refractivity contribution is -0.140. The van der Waals surface area contributed by atoms with Gasteiger partial charge in [0.1, 0.15) is 18.7 Å². The van der Waals surface area contributed by atoms with Crippen molar-refractivity contribution in [3.05, 3.63) is 47.9 Å². The van der Waals surface area contributed by atoms with Crippen LogP contribution < -0.4 is 10.0 Å². The smallest absolute Gasteiger partial charge is 0.379 e. The van der Waals surface area contributed by atoms with Crippen molar-refractivity contribution in [2.45, 2.75) is 12.6 Å². The van der Waals surface area contributed by atoms with Crippen LogP contribution in [0.3, 0.4) is 0 Å². The number of hydrogen-bond acceptors (Lipinski definition) is 7. The van der Waals surface area contributed by atoms with Crippen molar-refractivity contribution < 1.29 is 17.9 Å². The number of anilines is 2. The van der Waals surface area contributed by atoms with Gasteiger partial charge in [0.05, 0.1) is 13.2 Å². The van der Waals surface area contributed by atoms with Crippen molar-refractivity contribution in [2.75, 3.05) is 56.6 Å². The number of rotatable bonds is 5. The average Bonchev–Trinajstić information content (AvgIpc) is 3.12. The molecule has 156 valence electrons. The molecule has 2 aliphatic heterocycles. The van der Waals surface area contributed by atoms with Crippen molar-refractivity contribution in [1.82, 2.24) is 20.0 Å². The molecule has 1 aromatic carbocycles. The molecule has 3 heterocycles. The Morgan fingerprint density at radius 1 is 1.10 bits per heavy atom. The van der Waals surface area contributed by atoms with Crippen molar-refractivity contribution in [3.8, 4) is 0 Å². The molecular formula is C19H23F3N6O. The standard InChI is InChI=1S/C19H23F3N6O/c1-25(8-7-15-5-3-2-4-6-15)28-14-27(26-9-11-29-12-10-26)16-17(19(20,21)22)23-13-24-18(16)28/h2-6,13H,7-12,14H2,1H3. The van der Waals surface area contributed by atoms with Gasteiger partial charge in [-0.3, -0.25) is 10.0 Å². The summed E-state index contributed by atoms with van der Waals surface area (Å²) in [6.07, 6.45) is -2.80. The van der Waals surface area contributed by atoms with Crippen molar-refractivity contribution in [1.29, 1.82) is 0 Å². The Morgan fingerprint density at radius 3 is 2.52 bits per heavy atom. The van der Waals surface area contributed by atoms with Crippen LogP contribution in [0, 0.1) is 0 Å². The molecule has 0 radical (unpaired) electrons. The first-order chi connectivity index (χ1) is 13.9. The Kier molecular flexibility index (Phi) is 5.57. The number of hydrogen-bond donors (Lipinski definition) is 0. The first-order valence-electron chi connectivity index (χ1n) is 9.50. The van der Waals surface area contributed by atoms with Gasteiger partial charge in [-0.25, -0.2) is 20.0 Å². The van der Waals surface area contributed by atoms with Gasteiger partial charge in [-0.2, -0.15) is 13.2 Å². The summed E-state index contributed by atoms with van der Waals surface area (Å²) in [7, 11) is 1.87. The zero-order valence-corrected chi connectivity index (χ0v) is 16.1. The summed E-state index contributed by atoms with van der Waals surface area (Å²) < 4.78 is 46.4. The lowest BCUT2D eigenvalue weighted by Crippen LogP contribution is -2.52. The predicted octanol–water partition coefficient (Wildman–Crippen LogP) is 2.42. The van der Waals surface area contributed by atoms with Crippen LogP contribution in [0.1, 0.15) is 11.3 Å². The fourth-order valence-corrected chi connectivity index (χ4v) is 3.62. The molecular weight excluding hydrogens is 385 g/mol. The fourth-order valence-electron chi connectivity index (χ4n) is 3.62. The van der Waals surface area contributed by atoms with Gasteiger partial charge in [-0.15, -0.1) is 0 Å². The Balaban J connectivity index is 1.61. The maximum atomic E-state index is 13.7. The van der Waals surface area contributed by atoms with E-state index in [1.165, 1.54) is 5.56 Å². The van der Waals surface area contributed by atoms with Crippen LogP contribution in [0.2, 0.25) is 0 Å². The Hall–Kier alpha value is -2.43. The molecule has 2 aromatic rings. The van der Waals surface area contributed by atoms with Crippen LogP contribution >= 0.6 is 0 Å². The van der Waals surface area contributed by atoms with Gasteiger partial charge in [-0.1, -0.05) is 30.3 Å². The van der Waals surface area contributed by atoms with Crippen LogP contribution in [0.25, 0.3) is 0 Å². The van der Waals surface area contributed by atoms with E-state index in [0.29, 0.717) is 32.8 Å². The minimum Gasteiger partial charge on any atom is -0.379 e. The number of alkyl halides is 3. The molecule has 1 saturated heterocycles. The molecule has 2 aliphatic rings. The molecule has 7 nitrogen and oxygen atoms in total. The lowest BCUT2D eigenvalue weighted by atomic mass is 10.1. The number of hydrazine groups is 2. The normalized spacial score (nSPS) is 17.8. The van der Waals surface area contributed by atoms with Crippen LogP contribution in [0.5, 0.6) is 0 Å². The van der Waals surface area contributed by atoms with Crippen LogP contribution in [-0.4, -0.2) is 66.6 Å². The SMILES string of the molecule is CN(CCc1ccccc1)N1CN(N2CCOCC2)c2c1ncnc2C(F)(F)F. The quantitative estimate of drug-likeness (QED) is 0.753. The molecule has 0 saturated carbocycles. The highest BCUT2D eigenvalue weighted by atomic mass is 19.4. The van der Waals surface area contributed by atoms with Crippen molar-refractivity contribution >= 4 is 11.5 Å². The highest BCUT2D eigenvalue weighted by Gasteiger charge is 2.44. The molecule has 0 spiro atoms. The molecule has 4 rings (SSSR count). The highest BCUT2D eigenvalue weighted by Crippen LogP contribution is 2.44. The number of ether oxygens (including phenoxy) is 1. The van der Waals surface area contributed by atoms with Gasteiger partial charge in [0.25, 0.3) is 0 Å². The molecule has 0 aliphatic carbocycles. The van der Waals surface area contributed by atoms with Crippen LogP contribution in [0.4, 0.5) is 24.7 Å². The third-order valence-electron chi connectivity index (χ3n) is 5.15. The first kappa shape index (κ1) is 19.9. The maximum Gasteiger partial charge on any atom is 0.435 e. The summed E-state index contributed by atoms with van der Waals surface area (Å²) in [5.41, 5.74) is 0.267. The van der Waals surface area contributed by atoms with Gasteiger partial charge in [0, 0.05) is 26.7 Å². The molecule has 1 fully saturated rings. The number of benzene rings is 1. The van der Waals surface area contributed by atoms with Crippen LogP contribution in [-0.2, 0) is 17.3 Å². The zero-order valence-electron chi connectivity index (χ0n) is 16.1. The van der Waals surface area contributed by atoms with Gasteiger partial charge in [0.15, 0.2) is 11.5 Å². The second kappa shape index (κ2) is 8.13. The first-order valence-corrected chi connectivity index (χ1v) is 9.50. The molecule has 10 heteroatoms. The summed E-state index contributed by atoms with van der Waals surface area (Å²) in [5, 5.41) is 7.22. The summed E-state index contributed by atoms with van der Waals surface area (Å²) in [5.74, 6) is 0.273. The largest absolute Gasteiger partial charge is 0.435 e. The van der Waals surface area contributed by atoms with Crippen LogP contribution in [0.15, 0.2) is 36.7 Å². The summed E-state index contributed by atoms with van der Waals surface area (Å²) in [4.78, 5) is 7.78. The molecule has 0 bridgehead atoms. The number of nitrogens with zero attached hydrogens (tertiary/aromatic N) is 6. The van der Waals surface area contributed by atoms with Gasteiger partial charge >= 0.3 is 6.18 Å². The number of aromatic nitrogens is 2. The number of halogens is 3. The minimum absolute atomic E-state index is 0.00783. The summed E-state index contributed by atoms with van der Waals surface area (Å²) >= 11 is 0. The molecule has 1 aromatic heterocycles. The van der Waals surface area contributed by atoms with E-state index >= 15 is 0 Å². The number of fused-ring (bicyclic) bond motifs is 1. The molecule has 0 unspecified atom stereocenters. The van der Waals surface area contributed by atoms with Crippen molar-refractivity contribution in [3.63, 3.8) is 0 Å².